The maximum Gasteiger partial charge on any atom is 0.573 e. The van der Waals surface area contributed by atoms with Crippen molar-refractivity contribution in [3.05, 3.63) is 34.8 Å². The van der Waals surface area contributed by atoms with Gasteiger partial charge in [0.15, 0.2) is 11.5 Å². The van der Waals surface area contributed by atoms with Crippen LogP contribution < -0.4 is 5.32 Å². The summed E-state index contributed by atoms with van der Waals surface area (Å²) >= 11 is 0. The van der Waals surface area contributed by atoms with Crippen LogP contribution in [0.2, 0.25) is 0 Å². The number of fused-ring (bicyclic) bond motifs is 2. The average molecular weight is 273 g/mol. The van der Waals surface area contributed by atoms with Gasteiger partial charge in [-0.1, -0.05) is 6.08 Å². The first-order valence-corrected chi connectivity index (χ1v) is 6.27. The number of halogens is 3. The molecular formula is C13H14F3NO2. The lowest BCUT2D eigenvalue weighted by Gasteiger charge is -2.20. The van der Waals surface area contributed by atoms with E-state index in [1.54, 1.807) is 6.08 Å². The monoisotopic (exact) mass is 273 g/mol. The smallest absolute Gasteiger partial charge is 0.489 e. The lowest BCUT2D eigenvalue weighted by atomic mass is 9.91. The molecule has 104 valence electrons. The number of ether oxygens (including phenoxy) is 2. The quantitative estimate of drug-likeness (QED) is 0.796. The zero-order valence-electron chi connectivity index (χ0n) is 10.2. The molecule has 6 heteroatoms. The van der Waals surface area contributed by atoms with Crippen LogP contribution in [0.1, 0.15) is 12.8 Å². The largest absolute Gasteiger partial charge is 0.573 e. The highest BCUT2D eigenvalue weighted by atomic mass is 19.4. The van der Waals surface area contributed by atoms with Gasteiger partial charge in [-0.05, 0) is 30.4 Å². The summed E-state index contributed by atoms with van der Waals surface area (Å²) in [6, 6.07) is 0. The fourth-order valence-corrected chi connectivity index (χ4v) is 2.82. The molecule has 1 N–H and O–H groups in total. The van der Waals surface area contributed by atoms with E-state index in [0.29, 0.717) is 18.9 Å². The van der Waals surface area contributed by atoms with E-state index in [9.17, 15) is 13.2 Å². The second kappa shape index (κ2) is 4.59. The number of hydrogen-bond acceptors (Lipinski definition) is 3. The Kier molecular flexibility index (Phi) is 3.05. The minimum absolute atomic E-state index is 0.228. The Morgan fingerprint density at radius 2 is 2.21 bits per heavy atom. The molecule has 0 bridgehead atoms. The molecule has 1 saturated heterocycles. The fourth-order valence-electron chi connectivity index (χ4n) is 2.82. The summed E-state index contributed by atoms with van der Waals surface area (Å²) in [6.45, 7) is 2.02. The van der Waals surface area contributed by atoms with Crippen molar-refractivity contribution in [1.29, 1.82) is 0 Å². The van der Waals surface area contributed by atoms with Crippen molar-refractivity contribution < 1.29 is 22.6 Å². The van der Waals surface area contributed by atoms with Crippen LogP contribution in [0.25, 0.3) is 0 Å². The van der Waals surface area contributed by atoms with Crippen molar-refractivity contribution >= 4 is 0 Å². The zero-order valence-corrected chi connectivity index (χ0v) is 10.2. The fraction of sp³-hybridized carbons (Fsp3) is 0.538. The topological polar surface area (TPSA) is 30.5 Å². The van der Waals surface area contributed by atoms with Gasteiger partial charge in [-0.3, -0.25) is 0 Å². The van der Waals surface area contributed by atoms with Crippen molar-refractivity contribution in [2.75, 3.05) is 19.7 Å². The molecule has 1 fully saturated rings. The highest BCUT2D eigenvalue weighted by Gasteiger charge is 2.36. The molecule has 2 aliphatic heterocycles. The van der Waals surface area contributed by atoms with Gasteiger partial charge in [0.2, 0.25) is 0 Å². The first-order valence-electron chi connectivity index (χ1n) is 6.27. The molecule has 0 amide bonds. The maximum atomic E-state index is 12.4. The highest BCUT2D eigenvalue weighted by molar-refractivity contribution is 5.44. The Hall–Kier alpha value is -1.43. The number of nitrogens with one attached hydrogen (secondary N) is 1. The van der Waals surface area contributed by atoms with Crippen LogP contribution in [0.5, 0.6) is 0 Å². The maximum absolute atomic E-state index is 12.4. The van der Waals surface area contributed by atoms with Crippen LogP contribution in [0.15, 0.2) is 34.8 Å². The first-order chi connectivity index (χ1) is 9.04. The van der Waals surface area contributed by atoms with Crippen LogP contribution >= 0.6 is 0 Å². The standard InChI is InChI=1S/C13H14F3NO2/c14-13(15,16)19-11-3-1-2-9-10-7-17-6-8(10)4-5-18-12(9)11/h1,3,8,17H,2,4-7H2. The van der Waals surface area contributed by atoms with E-state index in [-0.39, 0.29) is 11.5 Å². The summed E-state index contributed by atoms with van der Waals surface area (Å²) in [4.78, 5) is 0. The Bertz CT molecular complexity index is 477. The summed E-state index contributed by atoms with van der Waals surface area (Å²) in [7, 11) is 0. The Balaban J connectivity index is 2.01. The minimum atomic E-state index is -4.69. The summed E-state index contributed by atoms with van der Waals surface area (Å²) < 4.78 is 46.8. The van der Waals surface area contributed by atoms with Crippen molar-refractivity contribution in [1.82, 2.24) is 5.32 Å². The number of rotatable bonds is 1. The van der Waals surface area contributed by atoms with E-state index < -0.39 is 6.36 Å². The second-order valence-corrected chi connectivity index (χ2v) is 4.82. The third kappa shape index (κ3) is 2.49. The summed E-state index contributed by atoms with van der Waals surface area (Å²) in [5.41, 5.74) is 2.02. The molecule has 3 aliphatic rings. The third-order valence-corrected chi connectivity index (χ3v) is 3.61. The summed E-state index contributed by atoms with van der Waals surface area (Å²) in [5, 5.41) is 3.27. The van der Waals surface area contributed by atoms with E-state index in [4.69, 9.17) is 4.74 Å². The molecule has 3 rings (SSSR count). The van der Waals surface area contributed by atoms with Gasteiger partial charge in [0, 0.05) is 18.7 Å². The summed E-state index contributed by atoms with van der Waals surface area (Å²) in [5.74, 6) is 0.404. The molecule has 0 aromatic carbocycles. The van der Waals surface area contributed by atoms with Gasteiger partial charge in [-0.15, -0.1) is 13.2 Å². The van der Waals surface area contributed by atoms with Gasteiger partial charge in [-0.25, -0.2) is 0 Å². The van der Waals surface area contributed by atoms with Crippen molar-refractivity contribution in [2.24, 2.45) is 5.92 Å². The van der Waals surface area contributed by atoms with Gasteiger partial charge < -0.3 is 14.8 Å². The van der Waals surface area contributed by atoms with Gasteiger partial charge >= 0.3 is 6.36 Å². The molecule has 0 spiro atoms. The number of hydrogen-bond donors (Lipinski definition) is 1. The molecule has 0 saturated carbocycles. The Morgan fingerprint density at radius 3 is 3.00 bits per heavy atom. The van der Waals surface area contributed by atoms with E-state index in [0.717, 1.165) is 25.1 Å². The second-order valence-electron chi connectivity index (χ2n) is 4.82. The number of allylic oxidation sites excluding steroid dienone is 3. The predicted molar refractivity (Wildman–Crippen MR) is 61.9 cm³/mol. The lowest BCUT2D eigenvalue weighted by molar-refractivity contribution is -0.304. The van der Waals surface area contributed by atoms with Crippen molar-refractivity contribution in [2.45, 2.75) is 19.2 Å². The number of alkyl halides is 3. The van der Waals surface area contributed by atoms with Crippen LogP contribution in [-0.4, -0.2) is 26.1 Å². The molecule has 1 unspecified atom stereocenters. The van der Waals surface area contributed by atoms with Gasteiger partial charge in [0.1, 0.15) is 0 Å². The molecular weight excluding hydrogens is 259 g/mol. The van der Waals surface area contributed by atoms with Crippen LogP contribution in [0.3, 0.4) is 0 Å². The lowest BCUT2D eigenvalue weighted by Crippen LogP contribution is -2.16. The van der Waals surface area contributed by atoms with Gasteiger partial charge in [0.05, 0.1) is 6.61 Å². The van der Waals surface area contributed by atoms with E-state index in [2.05, 4.69) is 10.1 Å². The van der Waals surface area contributed by atoms with Crippen molar-refractivity contribution in [3.63, 3.8) is 0 Å². The Labute approximate surface area is 108 Å². The minimum Gasteiger partial charge on any atom is -0.489 e. The normalized spacial score (nSPS) is 26.8. The molecule has 0 radical (unpaired) electrons. The van der Waals surface area contributed by atoms with Crippen LogP contribution in [-0.2, 0) is 9.47 Å². The SMILES string of the molecule is FC(F)(F)OC1=C2OCCC3CNCC3=C2CC=C1. The molecule has 3 nitrogen and oxygen atoms in total. The van der Waals surface area contributed by atoms with Crippen LogP contribution in [0, 0.1) is 5.92 Å². The molecule has 2 heterocycles. The predicted octanol–water partition coefficient (Wildman–Crippen LogP) is 2.63. The molecule has 0 aromatic rings. The highest BCUT2D eigenvalue weighted by Crippen LogP contribution is 2.38. The van der Waals surface area contributed by atoms with Gasteiger partial charge in [0.25, 0.3) is 0 Å². The first kappa shape index (κ1) is 12.6. The molecule has 1 aliphatic carbocycles. The van der Waals surface area contributed by atoms with Gasteiger partial charge in [-0.2, -0.15) is 0 Å². The van der Waals surface area contributed by atoms with E-state index in [1.165, 1.54) is 11.6 Å². The molecule has 1 atom stereocenters. The third-order valence-electron chi connectivity index (χ3n) is 3.61. The Morgan fingerprint density at radius 1 is 1.37 bits per heavy atom. The molecule has 0 aromatic heterocycles. The molecule has 19 heavy (non-hydrogen) atoms. The average Bonchev–Trinajstić information content (AvgIpc) is 2.70. The zero-order chi connectivity index (χ0) is 13.5. The van der Waals surface area contributed by atoms with E-state index in [1.807, 2.05) is 0 Å². The van der Waals surface area contributed by atoms with Crippen molar-refractivity contribution in [3.8, 4) is 0 Å². The van der Waals surface area contributed by atoms with E-state index >= 15 is 0 Å². The summed E-state index contributed by atoms with van der Waals surface area (Å²) in [6.07, 6.45) is -0.225. The van der Waals surface area contributed by atoms with Crippen LogP contribution in [0.4, 0.5) is 13.2 Å².